The predicted octanol–water partition coefficient (Wildman–Crippen LogP) is 1.81. The topological polar surface area (TPSA) is 110 Å². The molecule has 1 aromatic carbocycles. The molecule has 0 aromatic heterocycles. The summed E-state index contributed by atoms with van der Waals surface area (Å²) >= 11 is 0. The minimum absolute atomic E-state index is 0.0117. The fourth-order valence-electron chi connectivity index (χ4n) is 1.25. The van der Waals surface area contributed by atoms with Crippen molar-refractivity contribution in [1.29, 1.82) is 0 Å². The van der Waals surface area contributed by atoms with Crippen LogP contribution < -0.4 is 5.32 Å². The second-order valence-electron chi connectivity index (χ2n) is 3.34. The molecular formula is C11H10N2O5. The second-order valence-corrected chi connectivity index (χ2v) is 3.34. The number of benzene rings is 1. The van der Waals surface area contributed by atoms with Crippen LogP contribution in [0.4, 0.5) is 11.4 Å². The Kier molecular flexibility index (Phi) is 4.14. The lowest BCUT2D eigenvalue weighted by Gasteiger charge is -2.05. The predicted molar refractivity (Wildman–Crippen MR) is 63.5 cm³/mol. The van der Waals surface area contributed by atoms with Crippen molar-refractivity contribution < 1.29 is 19.6 Å². The number of hydrogen-bond donors (Lipinski definition) is 2. The van der Waals surface area contributed by atoms with Gasteiger partial charge in [-0.05, 0) is 12.1 Å². The van der Waals surface area contributed by atoms with E-state index in [4.69, 9.17) is 5.11 Å². The Morgan fingerprint density at radius 1 is 1.50 bits per heavy atom. The number of rotatable bonds is 5. The van der Waals surface area contributed by atoms with Gasteiger partial charge in [0, 0.05) is 12.5 Å². The van der Waals surface area contributed by atoms with Gasteiger partial charge in [0.05, 0.1) is 10.5 Å². The largest absolute Gasteiger partial charge is 0.478 e. The highest BCUT2D eigenvalue weighted by Crippen LogP contribution is 2.25. The summed E-state index contributed by atoms with van der Waals surface area (Å²) in [4.78, 5) is 32.0. The third kappa shape index (κ3) is 3.14. The maximum atomic E-state index is 11.3. The lowest BCUT2D eigenvalue weighted by molar-refractivity contribution is -0.384. The van der Waals surface area contributed by atoms with E-state index in [2.05, 4.69) is 11.9 Å². The van der Waals surface area contributed by atoms with Gasteiger partial charge in [-0.1, -0.05) is 6.08 Å². The minimum Gasteiger partial charge on any atom is -0.478 e. The van der Waals surface area contributed by atoms with Crippen molar-refractivity contribution in [3.05, 3.63) is 46.5 Å². The van der Waals surface area contributed by atoms with E-state index in [0.717, 1.165) is 6.07 Å². The average Bonchev–Trinajstić information content (AvgIpc) is 2.29. The van der Waals surface area contributed by atoms with Crippen LogP contribution in [0, 0.1) is 10.1 Å². The Morgan fingerprint density at radius 3 is 2.67 bits per heavy atom. The number of carbonyl (C=O) groups excluding carboxylic acids is 1. The molecule has 0 heterocycles. The summed E-state index contributed by atoms with van der Waals surface area (Å²) in [7, 11) is 0. The summed E-state index contributed by atoms with van der Waals surface area (Å²) in [6.45, 7) is 3.36. The lowest BCUT2D eigenvalue weighted by atomic mass is 10.1. The van der Waals surface area contributed by atoms with E-state index in [-0.39, 0.29) is 17.7 Å². The van der Waals surface area contributed by atoms with E-state index in [1.165, 1.54) is 18.2 Å². The molecule has 0 aliphatic rings. The Morgan fingerprint density at radius 2 is 2.17 bits per heavy atom. The molecule has 18 heavy (non-hydrogen) atoms. The van der Waals surface area contributed by atoms with E-state index in [1.807, 2.05) is 0 Å². The van der Waals surface area contributed by atoms with E-state index in [0.29, 0.717) is 0 Å². The minimum atomic E-state index is -1.28. The number of carbonyl (C=O) groups is 2. The second kappa shape index (κ2) is 5.58. The SMILES string of the molecule is C=CCC(=O)Nc1ccc(C(=O)O)cc1[N+](=O)[O-]. The van der Waals surface area contributed by atoms with Crippen molar-refractivity contribution in [1.82, 2.24) is 0 Å². The molecule has 94 valence electrons. The first kappa shape index (κ1) is 13.4. The van der Waals surface area contributed by atoms with Crippen LogP contribution in [-0.4, -0.2) is 21.9 Å². The van der Waals surface area contributed by atoms with Gasteiger partial charge in [-0.3, -0.25) is 14.9 Å². The van der Waals surface area contributed by atoms with Crippen LogP contribution in [0.5, 0.6) is 0 Å². The molecule has 1 amide bonds. The Balaban J connectivity index is 3.11. The van der Waals surface area contributed by atoms with Gasteiger partial charge < -0.3 is 10.4 Å². The van der Waals surface area contributed by atoms with Crippen LogP contribution in [0.15, 0.2) is 30.9 Å². The molecule has 0 spiro atoms. The van der Waals surface area contributed by atoms with Gasteiger partial charge >= 0.3 is 5.97 Å². The van der Waals surface area contributed by atoms with E-state index >= 15 is 0 Å². The maximum absolute atomic E-state index is 11.3. The van der Waals surface area contributed by atoms with Crippen molar-refractivity contribution in [2.45, 2.75) is 6.42 Å². The van der Waals surface area contributed by atoms with Crippen LogP contribution in [0.25, 0.3) is 0 Å². The number of nitro groups is 1. The Bertz CT molecular complexity index is 524. The zero-order valence-electron chi connectivity index (χ0n) is 9.25. The smallest absolute Gasteiger partial charge is 0.335 e. The zero-order valence-corrected chi connectivity index (χ0v) is 9.25. The summed E-state index contributed by atoms with van der Waals surface area (Å²) in [5.74, 6) is -1.74. The van der Waals surface area contributed by atoms with Crippen LogP contribution in [-0.2, 0) is 4.79 Å². The van der Waals surface area contributed by atoms with Crippen LogP contribution in [0.2, 0.25) is 0 Å². The van der Waals surface area contributed by atoms with Crippen molar-refractivity contribution >= 4 is 23.3 Å². The first-order valence-corrected chi connectivity index (χ1v) is 4.88. The monoisotopic (exact) mass is 250 g/mol. The molecule has 0 aliphatic heterocycles. The van der Waals surface area contributed by atoms with Crippen LogP contribution in [0.3, 0.4) is 0 Å². The molecule has 0 aliphatic carbocycles. The van der Waals surface area contributed by atoms with E-state index < -0.39 is 22.5 Å². The van der Waals surface area contributed by atoms with Gasteiger partial charge in [0.15, 0.2) is 0 Å². The fourth-order valence-corrected chi connectivity index (χ4v) is 1.25. The summed E-state index contributed by atoms with van der Waals surface area (Å²) in [5, 5.41) is 21.8. The summed E-state index contributed by atoms with van der Waals surface area (Å²) in [5.41, 5.74) is -0.729. The third-order valence-electron chi connectivity index (χ3n) is 2.05. The van der Waals surface area contributed by atoms with Crippen LogP contribution in [0.1, 0.15) is 16.8 Å². The van der Waals surface area contributed by atoms with Gasteiger partial charge in [-0.25, -0.2) is 4.79 Å². The number of carboxylic acids is 1. The average molecular weight is 250 g/mol. The van der Waals surface area contributed by atoms with Crippen molar-refractivity contribution in [3.8, 4) is 0 Å². The Hall–Kier alpha value is -2.70. The van der Waals surface area contributed by atoms with Gasteiger partial charge in [0.25, 0.3) is 5.69 Å². The van der Waals surface area contributed by atoms with Crippen molar-refractivity contribution in [2.24, 2.45) is 0 Å². The summed E-state index contributed by atoms with van der Waals surface area (Å²) in [6.07, 6.45) is 1.37. The first-order valence-electron chi connectivity index (χ1n) is 4.88. The van der Waals surface area contributed by atoms with E-state index in [9.17, 15) is 19.7 Å². The number of nitrogens with one attached hydrogen (secondary N) is 1. The molecule has 0 radical (unpaired) electrons. The molecule has 0 unspecified atom stereocenters. The summed E-state index contributed by atoms with van der Waals surface area (Å²) in [6, 6.07) is 3.26. The molecule has 0 saturated heterocycles. The number of anilines is 1. The highest BCUT2D eigenvalue weighted by molar-refractivity contribution is 5.96. The number of nitrogens with zero attached hydrogens (tertiary/aromatic N) is 1. The maximum Gasteiger partial charge on any atom is 0.335 e. The zero-order chi connectivity index (χ0) is 13.7. The van der Waals surface area contributed by atoms with Gasteiger partial charge in [-0.2, -0.15) is 0 Å². The molecule has 0 atom stereocenters. The third-order valence-corrected chi connectivity index (χ3v) is 2.05. The van der Waals surface area contributed by atoms with Gasteiger partial charge in [-0.15, -0.1) is 6.58 Å². The van der Waals surface area contributed by atoms with Crippen LogP contribution >= 0.6 is 0 Å². The number of hydrogen-bond acceptors (Lipinski definition) is 4. The molecule has 0 bridgehead atoms. The van der Waals surface area contributed by atoms with Gasteiger partial charge in [0.2, 0.25) is 5.91 Å². The highest BCUT2D eigenvalue weighted by atomic mass is 16.6. The van der Waals surface area contributed by atoms with Crippen molar-refractivity contribution in [2.75, 3.05) is 5.32 Å². The molecular weight excluding hydrogens is 240 g/mol. The summed E-state index contributed by atoms with van der Waals surface area (Å²) < 4.78 is 0. The standard InChI is InChI=1S/C11H10N2O5/c1-2-3-10(14)12-8-5-4-7(11(15)16)6-9(8)13(17)18/h2,4-6H,1,3H2,(H,12,14)(H,15,16). The molecule has 7 heteroatoms. The molecule has 1 rings (SSSR count). The highest BCUT2D eigenvalue weighted by Gasteiger charge is 2.18. The molecule has 0 saturated carbocycles. The molecule has 2 N–H and O–H groups in total. The fraction of sp³-hybridized carbons (Fsp3) is 0.0909. The number of aromatic carboxylic acids is 1. The number of nitro benzene ring substituents is 1. The lowest BCUT2D eigenvalue weighted by Crippen LogP contribution is -2.12. The quantitative estimate of drug-likeness (QED) is 0.470. The first-order chi connectivity index (χ1) is 8.45. The van der Waals surface area contributed by atoms with Crippen molar-refractivity contribution in [3.63, 3.8) is 0 Å². The molecule has 7 nitrogen and oxygen atoms in total. The Labute approximate surface area is 102 Å². The molecule has 1 aromatic rings. The normalized spacial score (nSPS) is 9.56. The molecule has 0 fully saturated rings. The van der Waals surface area contributed by atoms with E-state index in [1.54, 1.807) is 0 Å². The van der Waals surface area contributed by atoms with Gasteiger partial charge in [0.1, 0.15) is 5.69 Å². The number of carboxylic acid groups (broad SMARTS) is 1. The number of amides is 1.